The summed E-state index contributed by atoms with van der Waals surface area (Å²) in [7, 11) is 0. The van der Waals surface area contributed by atoms with Crippen molar-refractivity contribution in [3.05, 3.63) is 23.7 Å². The Balaban J connectivity index is 2.17. The lowest BCUT2D eigenvalue weighted by Crippen LogP contribution is -2.32. The third-order valence-corrected chi connectivity index (χ3v) is 3.05. The van der Waals surface area contributed by atoms with Gasteiger partial charge in [-0.2, -0.15) is 8.78 Å². The van der Waals surface area contributed by atoms with Gasteiger partial charge in [0.05, 0.1) is 12.3 Å². The summed E-state index contributed by atoms with van der Waals surface area (Å²) >= 11 is 0.535. The standard InChI is InChI=1S/C13H20F2N2O2S/c1-9(2)17-12(18)5-6-16-7-10-3-4-11(19-10)8-20-13(14)15/h3-4,9,13,16H,5-8H2,1-2H3,(H,17,18). The van der Waals surface area contributed by atoms with Crippen molar-refractivity contribution >= 4 is 17.7 Å². The van der Waals surface area contributed by atoms with Gasteiger partial charge in [-0.15, -0.1) is 0 Å². The molecule has 0 saturated heterocycles. The number of rotatable bonds is 9. The molecule has 0 aliphatic rings. The average molecular weight is 306 g/mol. The Bertz CT molecular complexity index is 411. The second-order valence-corrected chi connectivity index (χ2v) is 5.57. The van der Waals surface area contributed by atoms with Crippen molar-refractivity contribution < 1.29 is 18.0 Å². The molecule has 0 aliphatic heterocycles. The molecule has 1 heterocycles. The van der Waals surface area contributed by atoms with Gasteiger partial charge in [0.1, 0.15) is 11.5 Å². The fraction of sp³-hybridized carbons (Fsp3) is 0.615. The summed E-state index contributed by atoms with van der Waals surface area (Å²) in [5.41, 5.74) is 0. The molecule has 0 aliphatic carbocycles. The van der Waals surface area contributed by atoms with E-state index in [1.807, 2.05) is 13.8 Å². The molecule has 0 unspecified atom stereocenters. The van der Waals surface area contributed by atoms with Gasteiger partial charge in [-0.1, -0.05) is 11.8 Å². The number of alkyl halides is 2. The quantitative estimate of drug-likeness (QED) is 0.689. The van der Waals surface area contributed by atoms with Crippen LogP contribution in [0.2, 0.25) is 0 Å². The first kappa shape index (κ1) is 17.0. The van der Waals surface area contributed by atoms with Crippen LogP contribution in [0.4, 0.5) is 8.78 Å². The van der Waals surface area contributed by atoms with E-state index >= 15 is 0 Å². The van der Waals surface area contributed by atoms with Crippen molar-refractivity contribution in [2.75, 3.05) is 6.54 Å². The molecule has 0 radical (unpaired) electrons. The van der Waals surface area contributed by atoms with Gasteiger partial charge in [-0.25, -0.2) is 0 Å². The van der Waals surface area contributed by atoms with Crippen LogP contribution in [0.5, 0.6) is 0 Å². The summed E-state index contributed by atoms with van der Waals surface area (Å²) in [5, 5.41) is 5.87. The van der Waals surface area contributed by atoms with E-state index < -0.39 is 5.76 Å². The third-order valence-electron chi connectivity index (χ3n) is 2.35. The summed E-state index contributed by atoms with van der Waals surface area (Å²) in [5.74, 6) is -1.01. The van der Waals surface area contributed by atoms with E-state index in [0.29, 0.717) is 42.8 Å². The van der Waals surface area contributed by atoms with Gasteiger partial charge in [0.25, 0.3) is 5.76 Å². The molecular formula is C13H20F2N2O2S. The summed E-state index contributed by atoms with van der Waals surface area (Å²) in [6.07, 6.45) is 0.396. The molecule has 0 atom stereocenters. The Morgan fingerprint density at radius 1 is 1.35 bits per heavy atom. The maximum absolute atomic E-state index is 12.0. The van der Waals surface area contributed by atoms with Crippen LogP contribution >= 0.6 is 11.8 Å². The number of furan rings is 1. The highest BCUT2D eigenvalue weighted by Crippen LogP contribution is 2.21. The fourth-order valence-electron chi connectivity index (χ4n) is 1.55. The molecule has 7 heteroatoms. The van der Waals surface area contributed by atoms with Gasteiger partial charge in [0, 0.05) is 19.0 Å². The summed E-state index contributed by atoms with van der Waals surface area (Å²) in [4.78, 5) is 11.4. The van der Waals surface area contributed by atoms with E-state index in [1.165, 1.54) is 0 Å². The smallest absolute Gasteiger partial charge is 0.284 e. The maximum Gasteiger partial charge on any atom is 0.284 e. The van der Waals surface area contributed by atoms with Crippen LogP contribution in [0, 0.1) is 0 Å². The zero-order chi connectivity index (χ0) is 15.0. The lowest BCUT2D eigenvalue weighted by atomic mass is 10.3. The largest absolute Gasteiger partial charge is 0.464 e. The van der Waals surface area contributed by atoms with Crippen LogP contribution in [-0.4, -0.2) is 24.3 Å². The number of halogens is 2. The van der Waals surface area contributed by atoms with Crippen molar-refractivity contribution in [1.29, 1.82) is 0 Å². The number of thioether (sulfide) groups is 1. The minimum atomic E-state index is -2.39. The predicted molar refractivity (Wildman–Crippen MR) is 75.6 cm³/mol. The highest BCUT2D eigenvalue weighted by atomic mass is 32.2. The molecule has 1 amide bonds. The van der Waals surface area contributed by atoms with Gasteiger partial charge >= 0.3 is 0 Å². The van der Waals surface area contributed by atoms with Crippen LogP contribution < -0.4 is 10.6 Å². The van der Waals surface area contributed by atoms with Crippen LogP contribution in [0.25, 0.3) is 0 Å². The monoisotopic (exact) mass is 306 g/mol. The predicted octanol–water partition coefficient (Wildman–Crippen LogP) is 2.74. The number of nitrogens with one attached hydrogen (secondary N) is 2. The normalized spacial score (nSPS) is 11.3. The third kappa shape index (κ3) is 7.49. The lowest BCUT2D eigenvalue weighted by Gasteiger charge is -2.08. The van der Waals surface area contributed by atoms with E-state index in [4.69, 9.17) is 4.42 Å². The Morgan fingerprint density at radius 3 is 2.70 bits per heavy atom. The zero-order valence-corrected chi connectivity index (χ0v) is 12.4. The maximum atomic E-state index is 12.0. The van der Waals surface area contributed by atoms with Crippen molar-refractivity contribution in [1.82, 2.24) is 10.6 Å². The summed E-state index contributed by atoms with van der Waals surface area (Å²) in [6, 6.07) is 3.59. The van der Waals surface area contributed by atoms with Gasteiger partial charge < -0.3 is 15.1 Å². The van der Waals surface area contributed by atoms with Crippen LogP contribution in [-0.2, 0) is 17.1 Å². The van der Waals surface area contributed by atoms with E-state index in [1.54, 1.807) is 12.1 Å². The Labute approximate surface area is 121 Å². The number of hydrogen-bond acceptors (Lipinski definition) is 4. The molecule has 4 nitrogen and oxygen atoms in total. The Hall–Kier alpha value is -1.08. The van der Waals surface area contributed by atoms with E-state index in [-0.39, 0.29) is 17.7 Å². The average Bonchev–Trinajstić information content (AvgIpc) is 2.79. The topological polar surface area (TPSA) is 54.3 Å². The molecular weight excluding hydrogens is 286 g/mol. The van der Waals surface area contributed by atoms with E-state index in [9.17, 15) is 13.6 Å². The minimum Gasteiger partial charge on any atom is -0.464 e. The Kier molecular flexibility index (Phi) is 7.61. The highest BCUT2D eigenvalue weighted by Gasteiger charge is 2.07. The molecule has 1 aromatic heterocycles. The fourth-order valence-corrected chi connectivity index (χ4v) is 1.99. The molecule has 0 aromatic carbocycles. The number of amides is 1. The number of carbonyl (C=O) groups is 1. The number of hydrogen-bond donors (Lipinski definition) is 2. The Morgan fingerprint density at radius 2 is 2.05 bits per heavy atom. The van der Waals surface area contributed by atoms with Crippen molar-refractivity contribution in [3.63, 3.8) is 0 Å². The summed E-state index contributed by atoms with van der Waals surface area (Å²) in [6.45, 7) is 4.84. The molecule has 0 saturated carbocycles. The highest BCUT2D eigenvalue weighted by molar-refractivity contribution is 7.98. The van der Waals surface area contributed by atoms with Crippen molar-refractivity contribution in [2.45, 2.75) is 44.4 Å². The van der Waals surface area contributed by atoms with Crippen molar-refractivity contribution in [2.24, 2.45) is 0 Å². The molecule has 1 aromatic rings. The van der Waals surface area contributed by atoms with Gasteiger partial charge in [0.2, 0.25) is 5.91 Å². The molecule has 0 bridgehead atoms. The molecule has 114 valence electrons. The van der Waals surface area contributed by atoms with Crippen LogP contribution in [0.3, 0.4) is 0 Å². The van der Waals surface area contributed by atoms with Gasteiger partial charge in [-0.3, -0.25) is 4.79 Å². The molecule has 0 fully saturated rings. The minimum absolute atomic E-state index is 0.000896. The van der Waals surface area contributed by atoms with Crippen molar-refractivity contribution in [3.8, 4) is 0 Å². The SMILES string of the molecule is CC(C)NC(=O)CCNCc1ccc(CSC(F)F)o1. The summed E-state index contributed by atoms with van der Waals surface area (Å²) < 4.78 is 29.4. The second kappa shape index (κ2) is 8.97. The molecule has 1 rings (SSSR count). The first-order valence-corrected chi connectivity index (χ1v) is 7.49. The molecule has 0 spiro atoms. The first-order valence-electron chi connectivity index (χ1n) is 6.45. The van der Waals surface area contributed by atoms with Crippen LogP contribution in [0.1, 0.15) is 31.8 Å². The first-order chi connectivity index (χ1) is 9.47. The van der Waals surface area contributed by atoms with Crippen LogP contribution in [0.15, 0.2) is 16.5 Å². The van der Waals surface area contributed by atoms with Gasteiger partial charge in [0.15, 0.2) is 0 Å². The zero-order valence-electron chi connectivity index (χ0n) is 11.6. The van der Waals surface area contributed by atoms with Gasteiger partial charge in [-0.05, 0) is 26.0 Å². The molecule has 20 heavy (non-hydrogen) atoms. The van der Waals surface area contributed by atoms with E-state index in [0.717, 1.165) is 0 Å². The number of carbonyl (C=O) groups excluding carboxylic acids is 1. The second-order valence-electron chi connectivity index (χ2n) is 4.59. The lowest BCUT2D eigenvalue weighted by molar-refractivity contribution is -0.121. The molecule has 2 N–H and O–H groups in total. The van der Waals surface area contributed by atoms with E-state index in [2.05, 4.69) is 10.6 Å².